The lowest BCUT2D eigenvalue weighted by atomic mass is 10.1. The van der Waals surface area contributed by atoms with E-state index in [1.807, 2.05) is 6.07 Å². The lowest BCUT2D eigenvalue weighted by molar-refractivity contribution is -0.121. The molecule has 5 heteroatoms. The highest BCUT2D eigenvalue weighted by Crippen LogP contribution is 2.10. The van der Waals surface area contributed by atoms with E-state index in [-0.39, 0.29) is 12.3 Å². The van der Waals surface area contributed by atoms with Crippen molar-refractivity contribution in [2.45, 2.75) is 19.4 Å². The Kier molecular flexibility index (Phi) is 4.76. The molecule has 1 aromatic heterocycles. The highest BCUT2D eigenvalue weighted by atomic mass is 19.2. The van der Waals surface area contributed by atoms with E-state index in [1.54, 1.807) is 18.5 Å². The molecule has 3 nitrogen and oxygen atoms in total. The summed E-state index contributed by atoms with van der Waals surface area (Å²) in [7, 11) is 0. The predicted octanol–water partition coefficient (Wildman–Crippen LogP) is 2.61. The van der Waals surface area contributed by atoms with Crippen molar-refractivity contribution in [1.29, 1.82) is 0 Å². The number of halogens is 2. The second-order valence-corrected chi connectivity index (χ2v) is 4.39. The predicted molar refractivity (Wildman–Crippen MR) is 70.8 cm³/mol. The number of hydrogen-bond donors (Lipinski definition) is 1. The maximum atomic E-state index is 13.0. The van der Waals surface area contributed by atoms with E-state index in [4.69, 9.17) is 0 Å². The molecule has 2 rings (SSSR count). The summed E-state index contributed by atoms with van der Waals surface area (Å²) in [6, 6.07) is 7.32. The second-order valence-electron chi connectivity index (χ2n) is 4.39. The van der Waals surface area contributed by atoms with Crippen LogP contribution in [-0.2, 0) is 17.8 Å². The van der Waals surface area contributed by atoms with Crippen LogP contribution in [0.2, 0.25) is 0 Å². The molecular formula is C15H14F2N2O. The van der Waals surface area contributed by atoms with Gasteiger partial charge in [-0.15, -0.1) is 0 Å². The van der Waals surface area contributed by atoms with Crippen molar-refractivity contribution in [1.82, 2.24) is 10.3 Å². The van der Waals surface area contributed by atoms with Gasteiger partial charge >= 0.3 is 0 Å². The standard InChI is InChI=1S/C15H14F2N2O/c16-13-5-3-11(8-14(13)17)4-6-15(20)19-10-12-2-1-7-18-9-12/h1-3,5,7-9H,4,6,10H2,(H,19,20). The summed E-state index contributed by atoms with van der Waals surface area (Å²) in [4.78, 5) is 15.6. The molecule has 0 bridgehead atoms. The highest BCUT2D eigenvalue weighted by molar-refractivity contribution is 5.76. The molecule has 1 N–H and O–H groups in total. The molecule has 0 atom stereocenters. The molecule has 0 spiro atoms. The van der Waals surface area contributed by atoms with Crippen LogP contribution >= 0.6 is 0 Å². The summed E-state index contributed by atoms with van der Waals surface area (Å²) in [6.45, 7) is 0.407. The first-order valence-electron chi connectivity index (χ1n) is 6.24. The van der Waals surface area contributed by atoms with Crippen molar-refractivity contribution in [2.24, 2.45) is 0 Å². The molecule has 0 aliphatic heterocycles. The Balaban J connectivity index is 1.79. The molecule has 0 saturated heterocycles. The van der Waals surface area contributed by atoms with Gasteiger partial charge in [0.15, 0.2) is 11.6 Å². The third-order valence-electron chi connectivity index (χ3n) is 2.84. The van der Waals surface area contributed by atoms with Crippen LogP contribution in [0.15, 0.2) is 42.7 Å². The topological polar surface area (TPSA) is 42.0 Å². The number of carbonyl (C=O) groups is 1. The SMILES string of the molecule is O=C(CCc1ccc(F)c(F)c1)NCc1cccnc1. The van der Waals surface area contributed by atoms with E-state index in [9.17, 15) is 13.6 Å². The van der Waals surface area contributed by atoms with Gasteiger partial charge in [-0.2, -0.15) is 0 Å². The fourth-order valence-corrected chi connectivity index (χ4v) is 1.74. The third kappa shape index (κ3) is 4.12. The molecule has 0 aliphatic rings. The number of amides is 1. The normalized spacial score (nSPS) is 10.3. The van der Waals surface area contributed by atoms with Gasteiger partial charge in [-0.1, -0.05) is 12.1 Å². The molecule has 0 radical (unpaired) electrons. The first kappa shape index (κ1) is 14.1. The molecule has 20 heavy (non-hydrogen) atoms. The highest BCUT2D eigenvalue weighted by Gasteiger charge is 2.05. The van der Waals surface area contributed by atoms with Crippen LogP contribution in [0, 0.1) is 11.6 Å². The Bertz CT molecular complexity index is 588. The quantitative estimate of drug-likeness (QED) is 0.912. The number of aryl methyl sites for hydroxylation is 1. The second kappa shape index (κ2) is 6.75. The Morgan fingerprint density at radius 2 is 2.00 bits per heavy atom. The number of nitrogens with one attached hydrogen (secondary N) is 1. The fraction of sp³-hybridized carbons (Fsp3) is 0.200. The van der Waals surface area contributed by atoms with Crippen molar-refractivity contribution >= 4 is 5.91 Å². The van der Waals surface area contributed by atoms with Crippen LogP contribution in [0.25, 0.3) is 0 Å². The van der Waals surface area contributed by atoms with E-state index in [0.717, 1.165) is 17.7 Å². The summed E-state index contributed by atoms with van der Waals surface area (Å²) in [5, 5.41) is 2.75. The van der Waals surface area contributed by atoms with E-state index in [0.29, 0.717) is 18.5 Å². The molecule has 0 saturated carbocycles. The first-order valence-corrected chi connectivity index (χ1v) is 6.24. The summed E-state index contributed by atoms with van der Waals surface area (Å²) < 4.78 is 25.7. The van der Waals surface area contributed by atoms with Crippen molar-refractivity contribution < 1.29 is 13.6 Å². The number of carbonyl (C=O) groups excluding carboxylic acids is 1. The van der Waals surface area contributed by atoms with Gasteiger partial charge in [-0.3, -0.25) is 9.78 Å². The van der Waals surface area contributed by atoms with Gasteiger partial charge < -0.3 is 5.32 Å². The van der Waals surface area contributed by atoms with Gasteiger partial charge in [0.25, 0.3) is 0 Å². The maximum absolute atomic E-state index is 13.0. The lowest BCUT2D eigenvalue weighted by Gasteiger charge is -2.05. The first-order chi connectivity index (χ1) is 9.65. The summed E-state index contributed by atoms with van der Waals surface area (Å²) in [5.74, 6) is -1.91. The number of benzene rings is 1. The van der Waals surface area contributed by atoms with Crippen LogP contribution in [0.3, 0.4) is 0 Å². The van der Waals surface area contributed by atoms with Crippen molar-refractivity contribution in [3.05, 3.63) is 65.5 Å². The van der Waals surface area contributed by atoms with Gasteiger partial charge in [0.1, 0.15) is 0 Å². The Morgan fingerprint density at radius 1 is 1.15 bits per heavy atom. The summed E-state index contributed by atoms with van der Waals surface area (Å²) >= 11 is 0. The molecule has 1 aromatic carbocycles. The van der Waals surface area contributed by atoms with Crippen LogP contribution < -0.4 is 5.32 Å². The average molecular weight is 276 g/mol. The Morgan fingerprint density at radius 3 is 2.70 bits per heavy atom. The van der Waals surface area contributed by atoms with Gasteiger partial charge in [0.2, 0.25) is 5.91 Å². The summed E-state index contributed by atoms with van der Waals surface area (Å²) in [5.41, 5.74) is 1.51. The lowest BCUT2D eigenvalue weighted by Crippen LogP contribution is -2.23. The minimum absolute atomic E-state index is 0.140. The fourth-order valence-electron chi connectivity index (χ4n) is 1.74. The molecule has 0 fully saturated rings. The van der Waals surface area contributed by atoms with E-state index in [2.05, 4.69) is 10.3 Å². The van der Waals surface area contributed by atoms with Crippen molar-refractivity contribution in [3.63, 3.8) is 0 Å². The molecule has 1 heterocycles. The number of rotatable bonds is 5. The minimum Gasteiger partial charge on any atom is -0.352 e. The molecule has 104 valence electrons. The van der Waals surface area contributed by atoms with Crippen molar-refractivity contribution in [2.75, 3.05) is 0 Å². The van der Waals surface area contributed by atoms with E-state index < -0.39 is 11.6 Å². The zero-order valence-electron chi connectivity index (χ0n) is 10.8. The molecule has 0 aliphatic carbocycles. The monoisotopic (exact) mass is 276 g/mol. The smallest absolute Gasteiger partial charge is 0.220 e. The zero-order valence-corrected chi connectivity index (χ0v) is 10.8. The Labute approximate surface area is 115 Å². The molecule has 0 unspecified atom stereocenters. The number of nitrogens with zero attached hydrogens (tertiary/aromatic N) is 1. The van der Waals surface area contributed by atoms with Gasteiger partial charge in [-0.25, -0.2) is 8.78 Å². The van der Waals surface area contributed by atoms with Crippen LogP contribution in [0.1, 0.15) is 17.5 Å². The van der Waals surface area contributed by atoms with Gasteiger partial charge in [-0.05, 0) is 35.7 Å². The Hall–Kier alpha value is -2.30. The average Bonchev–Trinajstić information content (AvgIpc) is 2.47. The molecular weight excluding hydrogens is 262 g/mol. The third-order valence-corrected chi connectivity index (χ3v) is 2.84. The molecule has 2 aromatic rings. The van der Waals surface area contributed by atoms with Gasteiger partial charge in [0.05, 0.1) is 0 Å². The number of hydrogen-bond acceptors (Lipinski definition) is 2. The van der Waals surface area contributed by atoms with Crippen LogP contribution in [-0.4, -0.2) is 10.9 Å². The number of pyridine rings is 1. The zero-order chi connectivity index (χ0) is 14.4. The summed E-state index contributed by atoms with van der Waals surface area (Å²) in [6.07, 6.45) is 3.94. The maximum Gasteiger partial charge on any atom is 0.220 e. The number of aromatic nitrogens is 1. The van der Waals surface area contributed by atoms with Crippen LogP contribution in [0.5, 0.6) is 0 Å². The van der Waals surface area contributed by atoms with E-state index in [1.165, 1.54) is 6.07 Å². The largest absolute Gasteiger partial charge is 0.352 e. The van der Waals surface area contributed by atoms with Crippen molar-refractivity contribution in [3.8, 4) is 0 Å². The molecule has 1 amide bonds. The van der Waals surface area contributed by atoms with Gasteiger partial charge in [0, 0.05) is 25.4 Å². The van der Waals surface area contributed by atoms with Crippen LogP contribution in [0.4, 0.5) is 8.78 Å². The van der Waals surface area contributed by atoms with E-state index >= 15 is 0 Å². The minimum atomic E-state index is -0.890.